The van der Waals surface area contributed by atoms with Gasteiger partial charge in [0, 0.05) is 17.5 Å². The summed E-state index contributed by atoms with van der Waals surface area (Å²) in [7, 11) is -3.84. The van der Waals surface area contributed by atoms with E-state index >= 15 is 0 Å². The summed E-state index contributed by atoms with van der Waals surface area (Å²) in [5.74, 6) is -1.28. The van der Waals surface area contributed by atoms with Crippen LogP contribution in [0.3, 0.4) is 0 Å². The lowest BCUT2D eigenvalue weighted by molar-refractivity contribution is 0.0844. The van der Waals surface area contributed by atoms with Crippen molar-refractivity contribution < 1.29 is 18.0 Å². The Morgan fingerprint density at radius 1 is 0.844 bits per heavy atom. The van der Waals surface area contributed by atoms with Gasteiger partial charge in [-0.15, -0.1) is 0 Å². The number of benzene rings is 3. The standard InChI is InChI=1S/C22H19N5O4S/c28-21(26-27-22(29)20-18-11-4-5-12-19(18)24-25-20)16-9-6-10-17(13-16)32(30,31)23-14-15-7-2-1-3-8-15/h1-13,23H,14H2,(H,24,25)(H,26,28)(H,27,29). The highest BCUT2D eigenvalue weighted by Gasteiger charge is 2.18. The van der Waals surface area contributed by atoms with Gasteiger partial charge in [0.05, 0.1) is 10.4 Å². The lowest BCUT2D eigenvalue weighted by atomic mass is 10.2. The number of para-hydroxylation sites is 1. The van der Waals surface area contributed by atoms with Gasteiger partial charge < -0.3 is 0 Å². The van der Waals surface area contributed by atoms with Crippen molar-refractivity contribution in [1.82, 2.24) is 25.8 Å². The van der Waals surface area contributed by atoms with Crippen LogP contribution in [0, 0.1) is 0 Å². The number of fused-ring (bicyclic) bond motifs is 1. The zero-order chi connectivity index (χ0) is 22.6. The molecule has 162 valence electrons. The molecule has 4 N–H and O–H groups in total. The minimum Gasteiger partial charge on any atom is -0.277 e. The van der Waals surface area contributed by atoms with E-state index < -0.39 is 21.8 Å². The van der Waals surface area contributed by atoms with Gasteiger partial charge in [0.1, 0.15) is 0 Å². The molecule has 32 heavy (non-hydrogen) atoms. The largest absolute Gasteiger partial charge is 0.290 e. The second-order valence-electron chi connectivity index (χ2n) is 6.86. The highest BCUT2D eigenvalue weighted by atomic mass is 32.2. The molecule has 10 heteroatoms. The van der Waals surface area contributed by atoms with Crippen LogP contribution in [0.4, 0.5) is 0 Å². The molecular formula is C22H19N5O4S. The van der Waals surface area contributed by atoms with Crippen LogP contribution >= 0.6 is 0 Å². The highest BCUT2D eigenvalue weighted by molar-refractivity contribution is 7.89. The molecule has 0 unspecified atom stereocenters. The fourth-order valence-corrected chi connectivity index (χ4v) is 4.11. The molecule has 0 bridgehead atoms. The first-order valence-corrected chi connectivity index (χ1v) is 11.1. The molecule has 0 radical (unpaired) electrons. The van der Waals surface area contributed by atoms with Gasteiger partial charge in [-0.05, 0) is 29.8 Å². The maximum atomic E-state index is 12.6. The molecule has 0 spiro atoms. The third-order valence-electron chi connectivity index (χ3n) is 4.69. The summed E-state index contributed by atoms with van der Waals surface area (Å²) in [6.45, 7) is 0.118. The zero-order valence-electron chi connectivity index (χ0n) is 16.7. The summed E-state index contributed by atoms with van der Waals surface area (Å²) in [6, 6.07) is 21.7. The number of H-pyrrole nitrogens is 1. The molecule has 3 aromatic carbocycles. The summed E-state index contributed by atoms with van der Waals surface area (Å²) in [4.78, 5) is 24.8. The molecule has 0 atom stereocenters. The lowest BCUT2D eigenvalue weighted by Crippen LogP contribution is -2.41. The Balaban J connectivity index is 1.42. The lowest BCUT2D eigenvalue weighted by Gasteiger charge is -2.09. The number of carbonyl (C=O) groups is 2. The molecule has 4 rings (SSSR count). The molecule has 0 fully saturated rings. The van der Waals surface area contributed by atoms with E-state index in [2.05, 4.69) is 25.8 Å². The smallest absolute Gasteiger partial charge is 0.277 e. The third kappa shape index (κ3) is 4.66. The van der Waals surface area contributed by atoms with Crippen LogP contribution < -0.4 is 15.6 Å². The van der Waals surface area contributed by atoms with Gasteiger partial charge in [-0.25, -0.2) is 13.1 Å². The molecule has 0 aliphatic carbocycles. The number of nitrogens with one attached hydrogen (secondary N) is 4. The van der Waals surface area contributed by atoms with Crippen LogP contribution in [0.25, 0.3) is 10.9 Å². The van der Waals surface area contributed by atoms with Crippen molar-refractivity contribution in [3.8, 4) is 0 Å². The van der Waals surface area contributed by atoms with E-state index in [0.29, 0.717) is 10.9 Å². The van der Waals surface area contributed by atoms with Crippen molar-refractivity contribution in [3.63, 3.8) is 0 Å². The van der Waals surface area contributed by atoms with Crippen LogP contribution in [-0.2, 0) is 16.6 Å². The van der Waals surface area contributed by atoms with Crippen molar-refractivity contribution in [2.75, 3.05) is 0 Å². The molecule has 0 saturated carbocycles. The number of carbonyl (C=O) groups excluding carboxylic acids is 2. The molecule has 2 amide bonds. The summed E-state index contributed by atoms with van der Waals surface area (Å²) in [5, 5.41) is 7.31. The van der Waals surface area contributed by atoms with Crippen molar-refractivity contribution in [2.24, 2.45) is 0 Å². The molecule has 1 heterocycles. The monoisotopic (exact) mass is 449 g/mol. The number of amides is 2. The molecule has 9 nitrogen and oxygen atoms in total. The van der Waals surface area contributed by atoms with Gasteiger partial charge >= 0.3 is 0 Å². The minimum atomic E-state index is -3.84. The Hall–Kier alpha value is -4.02. The average molecular weight is 449 g/mol. The molecule has 4 aromatic rings. The summed E-state index contributed by atoms with van der Waals surface area (Å²) >= 11 is 0. The first-order chi connectivity index (χ1) is 15.4. The Kier molecular flexibility index (Phi) is 5.97. The van der Waals surface area contributed by atoms with Gasteiger partial charge in [0.25, 0.3) is 11.8 Å². The number of nitrogens with zero attached hydrogens (tertiary/aromatic N) is 1. The number of hydrazine groups is 1. The fraction of sp³-hybridized carbons (Fsp3) is 0.0455. The first kappa shape index (κ1) is 21.2. The van der Waals surface area contributed by atoms with E-state index in [4.69, 9.17) is 0 Å². The molecular weight excluding hydrogens is 430 g/mol. The first-order valence-electron chi connectivity index (χ1n) is 9.61. The second kappa shape index (κ2) is 9.00. The predicted molar refractivity (Wildman–Crippen MR) is 118 cm³/mol. The van der Waals surface area contributed by atoms with Crippen LogP contribution in [0.15, 0.2) is 83.8 Å². The zero-order valence-corrected chi connectivity index (χ0v) is 17.5. The SMILES string of the molecule is O=C(NNC(=O)c1n[nH]c2ccccc12)c1cccc(S(=O)(=O)NCc2ccccc2)c1. The number of sulfonamides is 1. The number of rotatable bonds is 6. The third-order valence-corrected chi connectivity index (χ3v) is 6.09. The number of aromatic amines is 1. The van der Waals surface area contributed by atoms with Crippen molar-refractivity contribution in [3.05, 3.63) is 95.7 Å². The van der Waals surface area contributed by atoms with E-state index in [9.17, 15) is 18.0 Å². The topological polar surface area (TPSA) is 133 Å². The van der Waals surface area contributed by atoms with E-state index in [1.165, 1.54) is 24.3 Å². The second-order valence-corrected chi connectivity index (χ2v) is 8.63. The Morgan fingerprint density at radius 3 is 2.38 bits per heavy atom. The van der Waals surface area contributed by atoms with E-state index in [0.717, 1.165) is 5.56 Å². The normalized spacial score (nSPS) is 11.2. The van der Waals surface area contributed by atoms with Crippen molar-refractivity contribution in [1.29, 1.82) is 0 Å². The van der Waals surface area contributed by atoms with Crippen LogP contribution in [0.2, 0.25) is 0 Å². The Bertz CT molecular complexity index is 1380. The number of hydrogen-bond acceptors (Lipinski definition) is 5. The van der Waals surface area contributed by atoms with Crippen molar-refractivity contribution >= 4 is 32.7 Å². The molecule has 0 saturated heterocycles. The quantitative estimate of drug-likeness (QED) is 0.335. The van der Waals surface area contributed by atoms with E-state index in [-0.39, 0.29) is 22.7 Å². The minimum absolute atomic E-state index is 0.0642. The molecule has 1 aromatic heterocycles. The van der Waals surface area contributed by atoms with E-state index in [1.807, 2.05) is 18.2 Å². The van der Waals surface area contributed by atoms with E-state index in [1.54, 1.807) is 36.4 Å². The maximum Gasteiger partial charge on any atom is 0.290 e. The van der Waals surface area contributed by atoms with Crippen LogP contribution in [-0.4, -0.2) is 30.4 Å². The summed E-state index contributed by atoms with van der Waals surface area (Å²) < 4.78 is 27.7. The predicted octanol–water partition coefficient (Wildman–Crippen LogP) is 2.12. The summed E-state index contributed by atoms with van der Waals surface area (Å²) in [5.41, 5.74) is 6.26. The average Bonchev–Trinajstić information content (AvgIpc) is 3.26. The van der Waals surface area contributed by atoms with Crippen molar-refractivity contribution in [2.45, 2.75) is 11.4 Å². The van der Waals surface area contributed by atoms with Gasteiger partial charge in [0.2, 0.25) is 10.0 Å². The summed E-state index contributed by atoms with van der Waals surface area (Å²) in [6.07, 6.45) is 0. The Labute approximate surface area is 183 Å². The fourth-order valence-electron chi connectivity index (χ4n) is 3.04. The van der Waals surface area contributed by atoms with Gasteiger partial charge in [-0.2, -0.15) is 5.10 Å². The molecule has 0 aliphatic rings. The highest BCUT2D eigenvalue weighted by Crippen LogP contribution is 2.15. The van der Waals surface area contributed by atoms with Gasteiger partial charge in [0.15, 0.2) is 5.69 Å². The number of aromatic nitrogens is 2. The van der Waals surface area contributed by atoms with Gasteiger partial charge in [-0.1, -0.05) is 54.6 Å². The van der Waals surface area contributed by atoms with Crippen LogP contribution in [0.5, 0.6) is 0 Å². The number of hydrogen-bond donors (Lipinski definition) is 4. The Morgan fingerprint density at radius 2 is 1.56 bits per heavy atom. The maximum absolute atomic E-state index is 12.6. The van der Waals surface area contributed by atoms with Crippen LogP contribution in [0.1, 0.15) is 26.4 Å². The van der Waals surface area contributed by atoms with Gasteiger partial charge in [-0.3, -0.25) is 25.5 Å². The molecule has 0 aliphatic heterocycles.